The molecule has 0 amide bonds. The van der Waals surface area contributed by atoms with Gasteiger partial charge in [0.05, 0.1) is 11.6 Å². The molecule has 1 aliphatic heterocycles. The number of hydrogen-bond donors (Lipinski definition) is 1. The number of ether oxygens (including phenoxy) is 1. The molecule has 0 radical (unpaired) electrons. The second-order valence-electron chi connectivity index (χ2n) is 5.55. The maximum Gasteiger partial charge on any atom is 0.119 e. The van der Waals surface area contributed by atoms with Gasteiger partial charge in [-0.1, -0.05) is 30.8 Å². The van der Waals surface area contributed by atoms with E-state index >= 15 is 0 Å². The molecular weight excluding hydrogens is 268 g/mol. The second-order valence-corrected chi connectivity index (χ2v) is 6.08. The molecule has 3 nitrogen and oxygen atoms in total. The van der Waals surface area contributed by atoms with Crippen molar-refractivity contribution >= 4 is 17.2 Å². The molecule has 1 aliphatic rings. The molecule has 110 valence electrons. The summed E-state index contributed by atoms with van der Waals surface area (Å²) in [5, 5.41) is 0. The number of hydrogen-bond acceptors (Lipinski definition) is 3. The van der Waals surface area contributed by atoms with Crippen LogP contribution in [0.25, 0.3) is 0 Å². The Hall–Kier alpha value is -1.13. The van der Waals surface area contributed by atoms with Gasteiger partial charge in [-0.2, -0.15) is 0 Å². The molecular formula is C16H24N2OS. The van der Waals surface area contributed by atoms with Crippen LogP contribution in [-0.4, -0.2) is 36.1 Å². The summed E-state index contributed by atoms with van der Waals surface area (Å²) in [6.45, 7) is 2.00. The molecule has 1 saturated heterocycles. The Morgan fingerprint density at radius 1 is 1.35 bits per heavy atom. The highest BCUT2D eigenvalue weighted by Crippen LogP contribution is 2.19. The fourth-order valence-electron chi connectivity index (χ4n) is 2.73. The molecule has 1 unspecified atom stereocenters. The normalized spacial score (nSPS) is 19.8. The van der Waals surface area contributed by atoms with Gasteiger partial charge in [0.1, 0.15) is 5.75 Å². The van der Waals surface area contributed by atoms with E-state index in [9.17, 15) is 0 Å². The van der Waals surface area contributed by atoms with Gasteiger partial charge in [0, 0.05) is 12.5 Å². The van der Waals surface area contributed by atoms with Crippen LogP contribution in [0.5, 0.6) is 5.75 Å². The lowest BCUT2D eigenvalue weighted by atomic mass is 10.0. The minimum atomic E-state index is 0.527. The van der Waals surface area contributed by atoms with E-state index in [0.29, 0.717) is 17.5 Å². The van der Waals surface area contributed by atoms with E-state index in [1.54, 1.807) is 0 Å². The van der Waals surface area contributed by atoms with Crippen molar-refractivity contribution in [3.8, 4) is 5.75 Å². The van der Waals surface area contributed by atoms with Gasteiger partial charge in [-0.25, -0.2) is 0 Å². The smallest absolute Gasteiger partial charge is 0.119 e. The topological polar surface area (TPSA) is 38.5 Å². The van der Waals surface area contributed by atoms with Crippen LogP contribution >= 0.6 is 12.2 Å². The van der Waals surface area contributed by atoms with Crippen molar-refractivity contribution in [3.63, 3.8) is 0 Å². The number of thiocarbonyl (C=S) groups is 1. The summed E-state index contributed by atoms with van der Waals surface area (Å²) in [5.41, 5.74) is 6.67. The summed E-state index contributed by atoms with van der Waals surface area (Å²) < 4.78 is 5.83. The lowest BCUT2D eigenvalue weighted by Crippen LogP contribution is -2.37. The van der Waals surface area contributed by atoms with Crippen LogP contribution in [0.15, 0.2) is 24.3 Å². The highest BCUT2D eigenvalue weighted by molar-refractivity contribution is 7.80. The molecule has 0 aromatic heterocycles. The van der Waals surface area contributed by atoms with Gasteiger partial charge in [0.25, 0.3) is 0 Å². The van der Waals surface area contributed by atoms with Crippen LogP contribution < -0.4 is 10.5 Å². The van der Waals surface area contributed by atoms with Crippen LogP contribution in [0, 0.1) is 0 Å². The zero-order valence-corrected chi connectivity index (χ0v) is 13.0. The largest absolute Gasteiger partial charge is 0.494 e. The SMILES string of the molecule is CN1CCCCC1CCOc1ccc(CC(N)=S)cc1. The molecule has 1 atom stereocenters. The molecule has 0 aliphatic carbocycles. The van der Waals surface area contributed by atoms with Gasteiger partial charge in [-0.05, 0) is 50.6 Å². The molecule has 1 aromatic carbocycles. The zero-order valence-electron chi connectivity index (χ0n) is 12.2. The second kappa shape index (κ2) is 7.60. The van der Waals surface area contributed by atoms with Crippen molar-refractivity contribution in [2.75, 3.05) is 20.2 Å². The van der Waals surface area contributed by atoms with Crippen molar-refractivity contribution < 1.29 is 4.74 Å². The van der Waals surface area contributed by atoms with Gasteiger partial charge in [-0.15, -0.1) is 0 Å². The average Bonchev–Trinajstić information content (AvgIpc) is 2.42. The quantitative estimate of drug-likeness (QED) is 0.818. The first-order valence-electron chi connectivity index (χ1n) is 7.35. The summed E-state index contributed by atoms with van der Waals surface area (Å²) in [6.07, 6.45) is 5.74. The number of nitrogens with zero attached hydrogens (tertiary/aromatic N) is 1. The molecule has 1 fully saturated rings. The monoisotopic (exact) mass is 292 g/mol. The van der Waals surface area contributed by atoms with E-state index < -0.39 is 0 Å². The highest BCUT2D eigenvalue weighted by Gasteiger charge is 2.18. The predicted molar refractivity (Wildman–Crippen MR) is 87.3 cm³/mol. The van der Waals surface area contributed by atoms with E-state index in [1.165, 1.54) is 25.8 Å². The molecule has 2 rings (SSSR count). The van der Waals surface area contributed by atoms with Crippen LogP contribution in [0.3, 0.4) is 0 Å². The Balaban J connectivity index is 1.74. The Kier molecular flexibility index (Phi) is 5.80. The summed E-state index contributed by atoms with van der Waals surface area (Å²) in [7, 11) is 2.22. The molecule has 20 heavy (non-hydrogen) atoms. The van der Waals surface area contributed by atoms with E-state index in [0.717, 1.165) is 24.3 Å². The van der Waals surface area contributed by atoms with Gasteiger partial charge in [0.2, 0.25) is 0 Å². The Bertz CT molecular complexity index is 433. The Morgan fingerprint density at radius 2 is 2.10 bits per heavy atom. The van der Waals surface area contributed by atoms with Crippen molar-refractivity contribution in [1.29, 1.82) is 0 Å². The van der Waals surface area contributed by atoms with Crippen molar-refractivity contribution in [2.45, 2.75) is 38.1 Å². The average molecular weight is 292 g/mol. The number of rotatable bonds is 6. The van der Waals surface area contributed by atoms with Gasteiger partial charge < -0.3 is 15.4 Å². The summed E-state index contributed by atoms with van der Waals surface area (Å²) in [5.74, 6) is 0.926. The fraction of sp³-hybridized carbons (Fsp3) is 0.562. The number of benzene rings is 1. The third-order valence-electron chi connectivity index (χ3n) is 3.94. The molecule has 4 heteroatoms. The highest BCUT2D eigenvalue weighted by atomic mass is 32.1. The molecule has 1 aromatic rings. The lowest BCUT2D eigenvalue weighted by Gasteiger charge is -2.32. The maximum atomic E-state index is 5.83. The van der Waals surface area contributed by atoms with Crippen molar-refractivity contribution in [2.24, 2.45) is 5.73 Å². The minimum Gasteiger partial charge on any atom is -0.494 e. The van der Waals surface area contributed by atoms with Gasteiger partial charge >= 0.3 is 0 Å². The predicted octanol–water partition coefficient (Wildman–Crippen LogP) is 2.77. The van der Waals surface area contributed by atoms with Crippen LogP contribution in [-0.2, 0) is 6.42 Å². The number of likely N-dealkylation sites (tertiary alicyclic amines) is 1. The molecule has 0 spiro atoms. The van der Waals surface area contributed by atoms with E-state index in [-0.39, 0.29) is 0 Å². The Labute approximate surface area is 127 Å². The van der Waals surface area contributed by atoms with E-state index in [4.69, 9.17) is 22.7 Å². The first kappa shape index (κ1) is 15.3. The third-order valence-corrected chi connectivity index (χ3v) is 4.09. The van der Waals surface area contributed by atoms with Crippen LogP contribution in [0.1, 0.15) is 31.2 Å². The first-order chi connectivity index (χ1) is 9.65. The first-order valence-corrected chi connectivity index (χ1v) is 7.76. The standard InChI is InChI=1S/C16H24N2OS/c1-18-10-3-2-4-14(18)9-11-19-15-7-5-13(6-8-15)12-16(17)20/h5-8,14H,2-4,9-12H2,1H3,(H2,17,20). The van der Waals surface area contributed by atoms with Gasteiger partial charge in [0.15, 0.2) is 0 Å². The third kappa shape index (κ3) is 4.76. The Morgan fingerprint density at radius 3 is 2.75 bits per heavy atom. The molecule has 1 heterocycles. The van der Waals surface area contributed by atoms with Crippen molar-refractivity contribution in [3.05, 3.63) is 29.8 Å². The molecule has 0 bridgehead atoms. The maximum absolute atomic E-state index is 5.83. The van der Waals surface area contributed by atoms with E-state index in [2.05, 4.69) is 11.9 Å². The zero-order chi connectivity index (χ0) is 14.4. The van der Waals surface area contributed by atoms with E-state index in [1.807, 2.05) is 24.3 Å². The van der Waals surface area contributed by atoms with Crippen LogP contribution in [0.2, 0.25) is 0 Å². The molecule has 0 saturated carbocycles. The molecule has 2 N–H and O–H groups in total. The van der Waals surface area contributed by atoms with Crippen molar-refractivity contribution in [1.82, 2.24) is 4.90 Å². The van der Waals surface area contributed by atoms with Gasteiger partial charge in [-0.3, -0.25) is 0 Å². The fourth-order valence-corrected chi connectivity index (χ4v) is 2.89. The summed E-state index contributed by atoms with van der Waals surface area (Å²) in [6, 6.07) is 8.73. The summed E-state index contributed by atoms with van der Waals surface area (Å²) in [4.78, 5) is 2.98. The minimum absolute atomic E-state index is 0.527. The number of piperidine rings is 1. The summed E-state index contributed by atoms with van der Waals surface area (Å²) >= 11 is 4.91. The van der Waals surface area contributed by atoms with Crippen LogP contribution in [0.4, 0.5) is 0 Å². The lowest BCUT2D eigenvalue weighted by molar-refractivity contribution is 0.153. The number of nitrogens with two attached hydrogens (primary N) is 1.